The molecule has 99 heavy (non-hydrogen) atoms. The van der Waals surface area contributed by atoms with Gasteiger partial charge in [-0.3, -0.25) is 4.57 Å². The van der Waals surface area contributed by atoms with Crippen molar-refractivity contribution < 1.29 is 0 Å². The first-order valence-electron chi connectivity index (χ1n) is 34.3. The van der Waals surface area contributed by atoms with Gasteiger partial charge in [-0.1, -0.05) is 258 Å². The van der Waals surface area contributed by atoms with Crippen LogP contribution in [-0.2, 0) is 10.8 Å². The predicted octanol–water partition coefficient (Wildman–Crippen LogP) is 23.8. The Morgan fingerprint density at radius 1 is 0.212 bits per heavy atom. The van der Waals surface area contributed by atoms with Gasteiger partial charge in [0.1, 0.15) is 0 Å². The lowest BCUT2D eigenvalue weighted by Gasteiger charge is -2.22. The van der Waals surface area contributed by atoms with Crippen molar-refractivity contribution in [2.75, 3.05) is 0 Å². The van der Waals surface area contributed by atoms with Crippen LogP contribution >= 0.6 is 0 Å². The highest BCUT2D eigenvalue weighted by Crippen LogP contribution is 2.52. The molecule has 466 valence electrons. The van der Waals surface area contributed by atoms with Gasteiger partial charge in [-0.2, -0.15) is 9.97 Å². The van der Waals surface area contributed by atoms with Gasteiger partial charge in [0.25, 0.3) is 0 Å². The lowest BCUT2D eigenvalue weighted by molar-refractivity contribution is 0.660. The van der Waals surface area contributed by atoms with E-state index in [0.717, 1.165) is 83.0 Å². The number of rotatable bonds is 9. The van der Waals surface area contributed by atoms with Crippen LogP contribution in [0.25, 0.3) is 172 Å². The van der Waals surface area contributed by atoms with Crippen molar-refractivity contribution in [2.45, 2.75) is 38.5 Å². The van der Waals surface area contributed by atoms with Gasteiger partial charge in [-0.15, -0.1) is 0 Å². The second kappa shape index (κ2) is 21.5. The largest absolute Gasteiger partial charge is 0.309 e. The molecule has 0 saturated carbocycles. The minimum Gasteiger partial charge on any atom is -0.309 e. The van der Waals surface area contributed by atoms with Crippen molar-refractivity contribution in [3.8, 4) is 107 Å². The van der Waals surface area contributed by atoms with Crippen molar-refractivity contribution >= 4 is 65.4 Å². The maximum Gasteiger partial charge on any atom is 0.238 e. The van der Waals surface area contributed by atoms with Crippen LogP contribution in [0, 0.1) is 0 Å². The molecule has 0 amide bonds. The molecule has 14 aromatic carbocycles. The Morgan fingerprint density at radius 3 is 0.939 bits per heavy atom. The summed E-state index contributed by atoms with van der Waals surface area (Å²) in [5, 5.41) is 7.07. The van der Waals surface area contributed by atoms with E-state index in [1.54, 1.807) is 0 Å². The molecular weight excluding hydrogens is 1200 g/mol. The van der Waals surface area contributed by atoms with Crippen LogP contribution < -0.4 is 0 Å². The first-order valence-corrected chi connectivity index (χ1v) is 34.3. The van der Waals surface area contributed by atoms with Gasteiger partial charge in [0.2, 0.25) is 5.95 Å². The van der Waals surface area contributed by atoms with Gasteiger partial charge in [0.05, 0.1) is 33.1 Å². The van der Waals surface area contributed by atoms with Crippen LogP contribution in [0.4, 0.5) is 0 Å². The summed E-state index contributed by atoms with van der Waals surface area (Å²) in [5.41, 5.74) is 30.5. The smallest absolute Gasteiger partial charge is 0.238 e. The average molecular weight is 1270 g/mol. The first-order chi connectivity index (χ1) is 48.6. The summed E-state index contributed by atoms with van der Waals surface area (Å²) in [4.78, 5) is 16.0. The van der Waals surface area contributed by atoms with Crippen molar-refractivity contribution in [1.82, 2.24) is 28.7 Å². The summed E-state index contributed by atoms with van der Waals surface area (Å²) in [6.07, 6.45) is 0. The molecule has 4 heterocycles. The second-order valence-electron chi connectivity index (χ2n) is 27.9. The number of hydrogen-bond acceptors (Lipinski definition) is 3. The van der Waals surface area contributed by atoms with E-state index >= 15 is 0 Å². The third-order valence-electron chi connectivity index (χ3n) is 21.8. The zero-order valence-corrected chi connectivity index (χ0v) is 55.2. The molecule has 2 aliphatic rings. The summed E-state index contributed by atoms with van der Waals surface area (Å²) >= 11 is 0. The molecule has 20 rings (SSSR count). The van der Waals surface area contributed by atoms with Crippen LogP contribution in [-0.4, -0.2) is 28.7 Å². The third-order valence-corrected chi connectivity index (χ3v) is 21.8. The van der Waals surface area contributed by atoms with E-state index in [4.69, 9.17) is 15.0 Å². The van der Waals surface area contributed by atoms with Crippen molar-refractivity contribution in [3.05, 3.63) is 338 Å². The number of fused-ring (bicyclic) bond motifs is 15. The first kappa shape index (κ1) is 56.8. The van der Waals surface area contributed by atoms with Crippen LogP contribution in [0.5, 0.6) is 0 Å². The van der Waals surface area contributed by atoms with E-state index in [2.05, 4.69) is 357 Å². The number of nitrogens with zero attached hydrogens (tertiary/aromatic N) is 6. The summed E-state index contributed by atoms with van der Waals surface area (Å²) in [6, 6.07) is 116. The van der Waals surface area contributed by atoms with Crippen LogP contribution in [0.3, 0.4) is 0 Å². The minimum absolute atomic E-state index is 0.112. The van der Waals surface area contributed by atoms with E-state index in [0.29, 0.717) is 17.6 Å². The normalized spacial score (nSPS) is 13.4. The second-order valence-corrected chi connectivity index (χ2v) is 27.9. The molecule has 4 aromatic heterocycles. The number of benzene rings is 14. The fraction of sp³-hybridized carbons (Fsp3) is 0.0645. The molecule has 0 radical (unpaired) electrons. The quantitative estimate of drug-likeness (QED) is 0.145. The Bertz CT molecular complexity index is 6280. The molecule has 0 unspecified atom stereocenters. The minimum atomic E-state index is -0.161. The molecule has 0 N–H and O–H groups in total. The predicted molar refractivity (Wildman–Crippen MR) is 411 cm³/mol. The molecule has 0 spiro atoms. The highest BCUT2D eigenvalue weighted by molar-refractivity contribution is 6.15. The van der Waals surface area contributed by atoms with Crippen LogP contribution in [0.1, 0.15) is 49.9 Å². The van der Waals surface area contributed by atoms with E-state index in [9.17, 15) is 0 Å². The summed E-state index contributed by atoms with van der Waals surface area (Å²) in [5.74, 6) is 1.75. The van der Waals surface area contributed by atoms with Gasteiger partial charge in [0, 0.05) is 65.6 Å². The van der Waals surface area contributed by atoms with Crippen molar-refractivity contribution in [3.63, 3.8) is 0 Å². The zero-order chi connectivity index (χ0) is 65.8. The SMILES string of the molecule is CC1(C)c2ccccc2-c2ccc(-n3c4ccccc4c4cc(-c5ccc6c(c5)c5cc(-c7ccc8c(c7)c7ccccc7n8-c7nc(-c8ccc(-c9ccccc9)cc8)nc(-c8ccc(-c9ccccc9)cc8)n7)ccc5n6-c5ccc6c(c5)C(C)(C)c5ccccc5-6)ccc43)cc21. The van der Waals surface area contributed by atoms with Gasteiger partial charge in [0.15, 0.2) is 11.6 Å². The maximum atomic E-state index is 5.38. The number of para-hydroxylation sites is 2. The van der Waals surface area contributed by atoms with E-state index in [1.165, 1.54) is 93.9 Å². The molecule has 0 fully saturated rings. The van der Waals surface area contributed by atoms with Gasteiger partial charge in [-0.05, 0) is 174 Å². The Hall–Kier alpha value is -12.5. The van der Waals surface area contributed by atoms with E-state index < -0.39 is 0 Å². The Kier molecular flexibility index (Phi) is 12.3. The summed E-state index contributed by atoms with van der Waals surface area (Å²) in [7, 11) is 0. The van der Waals surface area contributed by atoms with Gasteiger partial charge in [-0.25, -0.2) is 4.98 Å². The molecule has 0 aliphatic heterocycles. The lowest BCUT2D eigenvalue weighted by atomic mass is 9.82. The maximum absolute atomic E-state index is 5.38. The molecule has 0 saturated heterocycles. The number of hydrogen-bond donors (Lipinski definition) is 0. The molecule has 18 aromatic rings. The van der Waals surface area contributed by atoms with Gasteiger partial charge >= 0.3 is 0 Å². The topological polar surface area (TPSA) is 53.5 Å². The third kappa shape index (κ3) is 8.72. The molecule has 6 heteroatoms. The molecule has 2 aliphatic carbocycles. The Labute approximate surface area is 573 Å². The highest BCUT2D eigenvalue weighted by atomic mass is 15.2. The fourth-order valence-corrected chi connectivity index (χ4v) is 16.7. The standard InChI is InChI=1S/C93H64N6/c1-92(2)79-27-15-11-23-69(79)71-45-43-67(55-81(71)92)97-83-29-17-13-25-73(83)75-51-63(39-47-85(75)97)65-40-48-86-77(53-65)78-54-66(41-49-87(78)98(86)68-44-46-72-70-24-12-16-28-80(70)93(3,4)82(72)56-68)64-42-50-88-76(52-64)74-26-14-18-30-84(74)99(88)91-95-89(61-35-31-59(32-36-61)57-19-7-5-8-20-57)94-90(96-91)62-37-33-60(34-38-62)58-21-9-6-10-22-58/h5-56H,1-4H3. The molecule has 6 nitrogen and oxygen atoms in total. The lowest BCUT2D eigenvalue weighted by Crippen LogP contribution is -2.15. The highest BCUT2D eigenvalue weighted by Gasteiger charge is 2.37. The monoisotopic (exact) mass is 1260 g/mol. The zero-order valence-electron chi connectivity index (χ0n) is 55.2. The van der Waals surface area contributed by atoms with Gasteiger partial charge < -0.3 is 9.13 Å². The van der Waals surface area contributed by atoms with E-state index in [-0.39, 0.29) is 10.8 Å². The van der Waals surface area contributed by atoms with Crippen molar-refractivity contribution in [2.24, 2.45) is 0 Å². The summed E-state index contributed by atoms with van der Waals surface area (Å²) in [6.45, 7) is 9.47. The Morgan fingerprint density at radius 2 is 0.515 bits per heavy atom. The Balaban J connectivity index is 0.734. The van der Waals surface area contributed by atoms with Crippen molar-refractivity contribution in [1.29, 1.82) is 0 Å². The molecule has 0 atom stereocenters. The number of aromatic nitrogens is 6. The van der Waals surface area contributed by atoms with Crippen LogP contribution in [0.15, 0.2) is 315 Å². The fourth-order valence-electron chi connectivity index (χ4n) is 16.7. The average Bonchev–Trinajstić information content (AvgIpc) is 1.58. The summed E-state index contributed by atoms with van der Waals surface area (Å²) < 4.78 is 7.18. The molecule has 0 bridgehead atoms. The molecular formula is C93H64N6. The van der Waals surface area contributed by atoms with E-state index in [1.807, 2.05) is 0 Å². The van der Waals surface area contributed by atoms with Crippen LogP contribution in [0.2, 0.25) is 0 Å².